The summed E-state index contributed by atoms with van der Waals surface area (Å²) in [7, 11) is 1.69. The van der Waals surface area contributed by atoms with Gasteiger partial charge in [-0.05, 0) is 13.0 Å². The first-order chi connectivity index (χ1) is 8.24. The van der Waals surface area contributed by atoms with E-state index in [-0.39, 0.29) is 6.04 Å². The molecule has 0 saturated carbocycles. The number of para-hydroxylation sites is 1. The summed E-state index contributed by atoms with van der Waals surface area (Å²) in [6.45, 7) is 2.53. The molecule has 0 fully saturated rings. The second kappa shape index (κ2) is 5.12. The summed E-state index contributed by atoms with van der Waals surface area (Å²) in [5, 5.41) is 0. The Labute approximate surface area is 101 Å². The highest BCUT2D eigenvalue weighted by molar-refractivity contribution is 5.42. The molecule has 1 heterocycles. The van der Waals surface area contributed by atoms with Crippen LogP contribution in [0.15, 0.2) is 36.8 Å². The van der Waals surface area contributed by atoms with E-state index in [2.05, 4.69) is 4.98 Å². The molecule has 90 valence electrons. The Bertz CT molecular complexity index is 491. The van der Waals surface area contributed by atoms with E-state index in [1.165, 1.54) is 0 Å². The number of hydrogen-bond donors (Lipinski definition) is 1. The van der Waals surface area contributed by atoms with E-state index in [4.69, 9.17) is 10.5 Å². The van der Waals surface area contributed by atoms with Crippen molar-refractivity contribution in [2.24, 2.45) is 5.73 Å². The fraction of sp³-hybridized carbons (Fsp3) is 0.308. The van der Waals surface area contributed by atoms with Gasteiger partial charge in [-0.3, -0.25) is 0 Å². The molecule has 0 aliphatic rings. The molecule has 0 aliphatic carbocycles. The quantitative estimate of drug-likeness (QED) is 0.876. The zero-order valence-corrected chi connectivity index (χ0v) is 10.1. The van der Waals surface area contributed by atoms with Crippen molar-refractivity contribution in [2.45, 2.75) is 19.6 Å². The third-order valence-corrected chi connectivity index (χ3v) is 2.68. The van der Waals surface area contributed by atoms with Gasteiger partial charge < -0.3 is 15.0 Å². The molecule has 0 radical (unpaired) electrons. The number of rotatable bonds is 4. The Morgan fingerprint density at radius 2 is 2.18 bits per heavy atom. The maximum atomic E-state index is 5.93. The largest absolute Gasteiger partial charge is 0.380 e. The summed E-state index contributed by atoms with van der Waals surface area (Å²) < 4.78 is 7.21. The van der Waals surface area contributed by atoms with Crippen LogP contribution in [0.1, 0.15) is 24.2 Å². The summed E-state index contributed by atoms with van der Waals surface area (Å²) >= 11 is 0. The van der Waals surface area contributed by atoms with E-state index in [9.17, 15) is 0 Å². The number of methoxy groups -OCH3 is 1. The smallest absolute Gasteiger partial charge is 0.0994 e. The third kappa shape index (κ3) is 2.38. The van der Waals surface area contributed by atoms with Crippen molar-refractivity contribution in [3.8, 4) is 5.69 Å². The van der Waals surface area contributed by atoms with Gasteiger partial charge in [0, 0.05) is 18.7 Å². The van der Waals surface area contributed by atoms with E-state index in [0.29, 0.717) is 6.61 Å². The lowest BCUT2D eigenvalue weighted by atomic mass is 10.1. The van der Waals surface area contributed by atoms with E-state index < -0.39 is 0 Å². The molecule has 2 rings (SSSR count). The van der Waals surface area contributed by atoms with Gasteiger partial charge in [-0.1, -0.05) is 18.2 Å². The first kappa shape index (κ1) is 11.8. The van der Waals surface area contributed by atoms with Crippen molar-refractivity contribution in [3.63, 3.8) is 0 Å². The van der Waals surface area contributed by atoms with Crippen molar-refractivity contribution in [1.29, 1.82) is 0 Å². The lowest BCUT2D eigenvalue weighted by Gasteiger charge is -2.14. The molecule has 1 aromatic carbocycles. The summed E-state index contributed by atoms with van der Waals surface area (Å²) in [6.07, 6.45) is 3.58. The highest BCUT2D eigenvalue weighted by atomic mass is 16.5. The van der Waals surface area contributed by atoms with E-state index in [1.54, 1.807) is 19.6 Å². The number of nitrogens with zero attached hydrogens (tertiary/aromatic N) is 2. The molecule has 0 amide bonds. The molecule has 1 unspecified atom stereocenters. The highest BCUT2D eigenvalue weighted by Crippen LogP contribution is 2.20. The minimum absolute atomic E-state index is 0.0481. The molecule has 1 atom stereocenters. The number of ether oxygens (including phenoxy) is 1. The Morgan fingerprint density at radius 3 is 2.88 bits per heavy atom. The standard InChI is InChI=1S/C13H17N3O/c1-10(14)13-7-15-9-16(13)12-6-4-3-5-11(12)8-17-2/h3-7,9-10H,8,14H2,1-2H3. The zero-order valence-electron chi connectivity index (χ0n) is 10.1. The number of hydrogen-bond acceptors (Lipinski definition) is 3. The predicted octanol–water partition coefficient (Wildman–Crippen LogP) is 2.04. The van der Waals surface area contributed by atoms with Gasteiger partial charge in [-0.2, -0.15) is 0 Å². The maximum absolute atomic E-state index is 5.93. The lowest BCUT2D eigenvalue weighted by molar-refractivity contribution is 0.184. The van der Waals surface area contributed by atoms with Crippen LogP contribution in [-0.4, -0.2) is 16.7 Å². The molecule has 0 bridgehead atoms. The third-order valence-electron chi connectivity index (χ3n) is 2.68. The van der Waals surface area contributed by atoms with Crippen LogP contribution in [0.25, 0.3) is 5.69 Å². The number of benzene rings is 1. The van der Waals surface area contributed by atoms with Crippen LogP contribution in [0.2, 0.25) is 0 Å². The number of nitrogens with two attached hydrogens (primary N) is 1. The average Bonchev–Trinajstić information content (AvgIpc) is 2.79. The summed E-state index contributed by atoms with van der Waals surface area (Å²) in [6, 6.07) is 8.04. The van der Waals surface area contributed by atoms with E-state index in [0.717, 1.165) is 16.9 Å². The van der Waals surface area contributed by atoms with Gasteiger partial charge in [0.15, 0.2) is 0 Å². The number of aromatic nitrogens is 2. The van der Waals surface area contributed by atoms with E-state index in [1.807, 2.05) is 35.8 Å². The first-order valence-electron chi connectivity index (χ1n) is 5.59. The predicted molar refractivity (Wildman–Crippen MR) is 66.9 cm³/mol. The molecule has 4 nitrogen and oxygen atoms in total. The van der Waals surface area contributed by atoms with Crippen LogP contribution < -0.4 is 5.73 Å². The molecule has 2 aromatic rings. The van der Waals surface area contributed by atoms with Crippen LogP contribution in [0.3, 0.4) is 0 Å². The Kier molecular flexibility index (Phi) is 3.56. The van der Waals surface area contributed by atoms with Crippen LogP contribution in [0, 0.1) is 0 Å². The topological polar surface area (TPSA) is 53.1 Å². The highest BCUT2D eigenvalue weighted by Gasteiger charge is 2.10. The van der Waals surface area contributed by atoms with Crippen molar-refractivity contribution < 1.29 is 4.74 Å². The maximum Gasteiger partial charge on any atom is 0.0994 e. The Hall–Kier alpha value is -1.65. The molecule has 0 aliphatic heterocycles. The molecule has 2 N–H and O–H groups in total. The van der Waals surface area contributed by atoms with E-state index >= 15 is 0 Å². The SMILES string of the molecule is COCc1ccccc1-n1cncc1C(C)N. The Morgan fingerprint density at radius 1 is 1.41 bits per heavy atom. The summed E-state index contributed by atoms with van der Waals surface area (Å²) in [4.78, 5) is 4.16. The van der Waals surface area contributed by atoms with Gasteiger partial charge in [0.25, 0.3) is 0 Å². The van der Waals surface area contributed by atoms with Gasteiger partial charge in [0.05, 0.1) is 30.5 Å². The molecule has 1 aromatic heterocycles. The van der Waals surface area contributed by atoms with Crippen molar-refractivity contribution in [3.05, 3.63) is 48.0 Å². The van der Waals surface area contributed by atoms with Gasteiger partial charge in [0.1, 0.15) is 0 Å². The average molecular weight is 231 g/mol. The van der Waals surface area contributed by atoms with Crippen LogP contribution in [0.4, 0.5) is 0 Å². The van der Waals surface area contributed by atoms with Crippen molar-refractivity contribution in [1.82, 2.24) is 9.55 Å². The fourth-order valence-electron chi connectivity index (χ4n) is 1.87. The molecule has 0 saturated heterocycles. The molecular weight excluding hydrogens is 214 g/mol. The van der Waals surface area contributed by atoms with Crippen LogP contribution >= 0.6 is 0 Å². The minimum Gasteiger partial charge on any atom is -0.380 e. The molecule has 17 heavy (non-hydrogen) atoms. The van der Waals surface area contributed by atoms with Crippen LogP contribution in [0.5, 0.6) is 0 Å². The summed E-state index contributed by atoms with van der Waals surface area (Å²) in [5.41, 5.74) is 9.11. The monoisotopic (exact) mass is 231 g/mol. The van der Waals surface area contributed by atoms with Crippen LogP contribution in [-0.2, 0) is 11.3 Å². The van der Waals surface area contributed by atoms with Gasteiger partial charge in [0.2, 0.25) is 0 Å². The first-order valence-corrected chi connectivity index (χ1v) is 5.59. The minimum atomic E-state index is -0.0481. The van der Waals surface area contributed by atoms with Gasteiger partial charge in [-0.25, -0.2) is 4.98 Å². The fourth-order valence-corrected chi connectivity index (χ4v) is 1.87. The second-order valence-corrected chi connectivity index (χ2v) is 4.04. The van der Waals surface area contributed by atoms with Crippen molar-refractivity contribution >= 4 is 0 Å². The van der Waals surface area contributed by atoms with Crippen molar-refractivity contribution in [2.75, 3.05) is 7.11 Å². The zero-order chi connectivity index (χ0) is 12.3. The summed E-state index contributed by atoms with van der Waals surface area (Å²) in [5.74, 6) is 0. The second-order valence-electron chi connectivity index (χ2n) is 4.04. The Balaban J connectivity index is 2.48. The molecule has 0 spiro atoms. The number of imidazole rings is 1. The van der Waals surface area contributed by atoms with Gasteiger partial charge in [-0.15, -0.1) is 0 Å². The van der Waals surface area contributed by atoms with Gasteiger partial charge >= 0.3 is 0 Å². The molecular formula is C13H17N3O. The normalized spacial score (nSPS) is 12.6. The molecule has 4 heteroatoms. The lowest BCUT2D eigenvalue weighted by Crippen LogP contribution is -2.11.